The molecule has 18 heavy (non-hydrogen) atoms. The van der Waals surface area contributed by atoms with E-state index in [-0.39, 0.29) is 0 Å². The number of nitrogens with two attached hydrogens (primary N) is 1. The van der Waals surface area contributed by atoms with Crippen LogP contribution in [-0.4, -0.2) is 42.6 Å². The van der Waals surface area contributed by atoms with Gasteiger partial charge in [-0.05, 0) is 39.7 Å². The van der Waals surface area contributed by atoms with Gasteiger partial charge in [0.1, 0.15) is 0 Å². The van der Waals surface area contributed by atoms with Gasteiger partial charge in [0.25, 0.3) is 0 Å². The van der Waals surface area contributed by atoms with Crippen LogP contribution in [0.2, 0.25) is 0 Å². The Morgan fingerprint density at radius 1 is 1.22 bits per heavy atom. The summed E-state index contributed by atoms with van der Waals surface area (Å²) in [7, 11) is 2.19. The van der Waals surface area contributed by atoms with Gasteiger partial charge in [-0.25, -0.2) is 0 Å². The fourth-order valence-corrected chi connectivity index (χ4v) is 3.07. The summed E-state index contributed by atoms with van der Waals surface area (Å²) in [6, 6.07) is 1.61. The lowest BCUT2D eigenvalue weighted by Crippen LogP contribution is -2.49. The van der Waals surface area contributed by atoms with E-state index in [0.29, 0.717) is 24.1 Å². The summed E-state index contributed by atoms with van der Waals surface area (Å²) >= 11 is 0. The Kier molecular flexibility index (Phi) is 4.87. The van der Waals surface area contributed by atoms with Crippen LogP contribution < -0.4 is 11.1 Å². The van der Waals surface area contributed by atoms with E-state index in [1.807, 2.05) is 0 Å². The lowest BCUT2D eigenvalue weighted by Gasteiger charge is -2.35. The SMILES string of the molecule is CC1CC(NC(N)=NC2CCCCC2)CCN1C. The minimum absolute atomic E-state index is 0.468. The van der Waals surface area contributed by atoms with Gasteiger partial charge < -0.3 is 16.0 Å². The molecule has 2 unspecified atom stereocenters. The van der Waals surface area contributed by atoms with E-state index in [1.165, 1.54) is 38.5 Å². The topological polar surface area (TPSA) is 53.6 Å². The standard InChI is InChI=1S/C14H28N4/c1-11-10-13(8-9-18(11)2)17-14(15)16-12-6-4-3-5-7-12/h11-13H,3-10H2,1-2H3,(H3,15,16,17). The van der Waals surface area contributed by atoms with Gasteiger partial charge in [-0.1, -0.05) is 19.3 Å². The monoisotopic (exact) mass is 252 g/mol. The van der Waals surface area contributed by atoms with Crippen LogP contribution in [-0.2, 0) is 0 Å². The molecule has 1 saturated carbocycles. The highest BCUT2D eigenvalue weighted by atomic mass is 15.2. The second-order valence-electron chi connectivity index (χ2n) is 6.00. The summed E-state index contributed by atoms with van der Waals surface area (Å²) in [6.07, 6.45) is 8.75. The summed E-state index contributed by atoms with van der Waals surface area (Å²) < 4.78 is 0. The molecule has 4 heteroatoms. The Morgan fingerprint density at radius 2 is 1.94 bits per heavy atom. The molecule has 0 bridgehead atoms. The zero-order valence-corrected chi connectivity index (χ0v) is 11.9. The van der Waals surface area contributed by atoms with Crippen LogP contribution in [0, 0.1) is 0 Å². The maximum absolute atomic E-state index is 6.04. The molecule has 0 amide bonds. The number of aliphatic imine (C=N–C) groups is 1. The largest absolute Gasteiger partial charge is 0.370 e. The number of hydrogen-bond donors (Lipinski definition) is 2. The van der Waals surface area contributed by atoms with Crippen molar-refractivity contribution in [2.24, 2.45) is 10.7 Å². The smallest absolute Gasteiger partial charge is 0.189 e. The van der Waals surface area contributed by atoms with Crippen molar-refractivity contribution in [2.45, 2.75) is 70.0 Å². The first-order valence-electron chi connectivity index (χ1n) is 7.45. The van der Waals surface area contributed by atoms with Crippen LogP contribution >= 0.6 is 0 Å². The third-order valence-electron chi connectivity index (χ3n) is 4.46. The summed E-state index contributed by atoms with van der Waals surface area (Å²) in [5.41, 5.74) is 6.04. The van der Waals surface area contributed by atoms with Crippen molar-refractivity contribution in [3.63, 3.8) is 0 Å². The minimum Gasteiger partial charge on any atom is -0.370 e. The predicted octanol–water partition coefficient (Wildman–Crippen LogP) is 1.71. The highest BCUT2D eigenvalue weighted by Crippen LogP contribution is 2.20. The molecular weight excluding hydrogens is 224 g/mol. The first kappa shape index (κ1) is 13.7. The van der Waals surface area contributed by atoms with Crippen LogP contribution in [0.5, 0.6) is 0 Å². The van der Waals surface area contributed by atoms with Gasteiger partial charge in [0.2, 0.25) is 0 Å². The van der Waals surface area contributed by atoms with Crippen molar-refractivity contribution in [3.05, 3.63) is 0 Å². The van der Waals surface area contributed by atoms with Crippen molar-refractivity contribution >= 4 is 5.96 Å². The maximum Gasteiger partial charge on any atom is 0.189 e. The molecule has 3 N–H and O–H groups in total. The van der Waals surface area contributed by atoms with E-state index < -0.39 is 0 Å². The molecule has 1 saturated heterocycles. The van der Waals surface area contributed by atoms with E-state index in [9.17, 15) is 0 Å². The summed E-state index contributed by atoms with van der Waals surface area (Å²) in [5.74, 6) is 0.670. The molecule has 0 aromatic carbocycles. The third-order valence-corrected chi connectivity index (χ3v) is 4.46. The van der Waals surface area contributed by atoms with Gasteiger partial charge in [0, 0.05) is 18.6 Å². The van der Waals surface area contributed by atoms with Gasteiger partial charge in [0.15, 0.2) is 5.96 Å². The second kappa shape index (κ2) is 6.41. The summed E-state index contributed by atoms with van der Waals surface area (Å²) in [6.45, 7) is 3.43. The molecular formula is C14H28N4. The van der Waals surface area contributed by atoms with Crippen molar-refractivity contribution < 1.29 is 0 Å². The first-order chi connectivity index (χ1) is 8.65. The maximum atomic E-state index is 6.04. The highest BCUT2D eigenvalue weighted by Gasteiger charge is 2.23. The average Bonchev–Trinajstić information content (AvgIpc) is 2.35. The number of likely N-dealkylation sites (tertiary alicyclic amines) is 1. The number of nitrogens with zero attached hydrogens (tertiary/aromatic N) is 2. The zero-order valence-electron chi connectivity index (χ0n) is 11.9. The number of nitrogens with one attached hydrogen (secondary N) is 1. The molecule has 2 aliphatic rings. The molecule has 1 heterocycles. The molecule has 4 nitrogen and oxygen atoms in total. The quantitative estimate of drug-likeness (QED) is 0.581. The number of piperidine rings is 1. The van der Waals surface area contributed by atoms with Crippen LogP contribution in [0.15, 0.2) is 4.99 Å². The molecule has 2 rings (SSSR count). The molecule has 2 atom stereocenters. The van der Waals surface area contributed by atoms with E-state index in [1.54, 1.807) is 0 Å². The van der Waals surface area contributed by atoms with Gasteiger partial charge in [-0.15, -0.1) is 0 Å². The molecule has 1 aliphatic heterocycles. The average molecular weight is 252 g/mol. The summed E-state index contributed by atoms with van der Waals surface area (Å²) in [4.78, 5) is 7.05. The Balaban J connectivity index is 1.79. The first-order valence-corrected chi connectivity index (χ1v) is 7.45. The molecule has 0 aromatic heterocycles. The third kappa shape index (κ3) is 3.87. The lowest BCUT2D eigenvalue weighted by atomic mass is 9.96. The molecule has 0 aromatic rings. The summed E-state index contributed by atoms with van der Waals surface area (Å²) in [5, 5.41) is 3.42. The number of guanidine groups is 1. The Labute approximate surface area is 111 Å². The Hall–Kier alpha value is -0.770. The van der Waals surface area contributed by atoms with E-state index in [0.717, 1.165) is 13.0 Å². The van der Waals surface area contributed by atoms with Crippen LogP contribution in [0.25, 0.3) is 0 Å². The van der Waals surface area contributed by atoms with Crippen LogP contribution in [0.1, 0.15) is 51.9 Å². The van der Waals surface area contributed by atoms with Gasteiger partial charge >= 0.3 is 0 Å². The van der Waals surface area contributed by atoms with Crippen molar-refractivity contribution in [1.82, 2.24) is 10.2 Å². The molecule has 1 aliphatic carbocycles. The Bertz CT molecular complexity index is 284. The van der Waals surface area contributed by atoms with Gasteiger partial charge in [-0.2, -0.15) is 0 Å². The molecule has 104 valence electrons. The highest BCUT2D eigenvalue weighted by molar-refractivity contribution is 5.78. The van der Waals surface area contributed by atoms with Crippen LogP contribution in [0.3, 0.4) is 0 Å². The number of hydrogen-bond acceptors (Lipinski definition) is 2. The van der Waals surface area contributed by atoms with E-state index >= 15 is 0 Å². The van der Waals surface area contributed by atoms with E-state index in [4.69, 9.17) is 5.73 Å². The predicted molar refractivity (Wildman–Crippen MR) is 76.7 cm³/mol. The van der Waals surface area contributed by atoms with Gasteiger partial charge in [0.05, 0.1) is 6.04 Å². The number of rotatable bonds is 2. The minimum atomic E-state index is 0.468. The van der Waals surface area contributed by atoms with Crippen molar-refractivity contribution in [3.8, 4) is 0 Å². The zero-order chi connectivity index (χ0) is 13.0. The molecule has 0 spiro atoms. The molecule has 0 radical (unpaired) electrons. The Morgan fingerprint density at radius 3 is 2.61 bits per heavy atom. The molecule has 2 fully saturated rings. The van der Waals surface area contributed by atoms with Gasteiger partial charge in [-0.3, -0.25) is 4.99 Å². The van der Waals surface area contributed by atoms with Crippen molar-refractivity contribution in [1.29, 1.82) is 0 Å². The fourth-order valence-electron chi connectivity index (χ4n) is 3.07. The van der Waals surface area contributed by atoms with Crippen molar-refractivity contribution in [2.75, 3.05) is 13.6 Å². The van der Waals surface area contributed by atoms with E-state index in [2.05, 4.69) is 29.2 Å². The van der Waals surface area contributed by atoms with Crippen LogP contribution in [0.4, 0.5) is 0 Å². The second-order valence-corrected chi connectivity index (χ2v) is 6.00. The fraction of sp³-hybridized carbons (Fsp3) is 0.929. The normalized spacial score (nSPS) is 32.4. The lowest BCUT2D eigenvalue weighted by molar-refractivity contribution is 0.177.